The van der Waals surface area contributed by atoms with Gasteiger partial charge in [0.25, 0.3) is 0 Å². The minimum Gasteiger partial charge on any atom is -0.391 e. The van der Waals surface area contributed by atoms with Gasteiger partial charge in [-0.05, 0) is 43.7 Å². The van der Waals surface area contributed by atoms with Crippen LogP contribution >= 0.6 is 0 Å². The average Bonchev–Trinajstić information content (AvgIpc) is 2.79. The molecule has 0 aromatic heterocycles. The first-order valence-electron chi connectivity index (χ1n) is 4.69. The lowest BCUT2D eigenvalue weighted by atomic mass is 10.0. The third-order valence-electron chi connectivity index (χ3n) is 2.55. The summed E-state index contributed by atoms with van der Waals surface area (Å²) in [4.78, 5) is 0. The molecule has 0 heterocycles. The highest BCUT2D eigenvalue weighted by Crippen LogP contribution is 2.38. The lowest BCUT2D eigenvalue weighted by Gasteiger charge is -2.08. The summed E-state index contributed by atoms with van der Waals surface area (Å²) < 4.78 is 0. The number of nitrogens with one attached hydrogen (secondary N) is 1. The monoisotopic (exact) mass is 153 g/mol. The zero-order chi connectivity index (χ0) is 8.10. The maximum absolute atomic E-state index is 3.61. The summed E-state index contributed by atoms with van der Waals surface area (Å²) in [6.45, 7) is 7.09. The van der Waals surface area contributed by atoms with Crippen molar-refractivity contribution in [3.05, 3.63) is 12.8 Å². The molecule has 1 heteroatoms. The van der Waals surface area contributed by atoms with Crippen LogP contribution in [0.4, 0.5) is 0 Å². The molecule has 0 aromatic rings. The van der Waals surface area contributed by atoms with Crippen LogP contribution in [0, 0.1) is 11.8 Å². The second-order valence-electron chi connectivity index (χ2n) is 3.62. The van der Waals surface area contributed by atoms with Gasteiger partial charge in [0, 0.05) is 6.54 Å². The zero-order valence-electron chi connectivity index (χ0n) is 7.47. The summed E-state index contributed by atoms with van der Waals surface area (Å²) in [6, 6.07) is 0. The Bertz CT molecular complexity index is 116. The van der Waals surface area contributed by atoms with Gasteiger partial charge in [-0.2, -0.15) is 0 Å². The highest BCUT2D eigenvalue weighted by molar-refractivity contribution is 4.78. The van der Waals surface area contributed by atoms with Crippen molar-refractivity contribution in [2.45, 2.75) is 32.6 Å². The number of rotatable bonds is 6. The molecule has 1 N–H and O–H groups in total. The van der Waals surface area contributed by atoms with Gasteiger partial charge in [-0.1, -0.05) is 13.5 Å². The van der Waals surface area contributed by atoms with E-state index in [1.54, 1.807) is 6.20 Å². The van der Waals surface area contributed by atoms with Crippen LogP contribution in [0.3, 0.4) is 0 Å². The Hall–Kier alpha value is -0.460. The smallest absolute Gasteiger partial charge is 0.0141 e. The minimum atomic E-state index is 0.960. The van der Waals surface area contributed by atoms with Crippen molar-refractivity contribution in [2.75, 3.05) is 6.54 Å². The van der Waals surface area contributed by atoms with Crippen molar-refractivity contribution in [2.24, 2.45) is 11.8 Å². The topological polar surface area (TPSA) is 12.0 Å². The van der Waals surface area contributed by atoms with E-state index in [2.05, 4.69) is 18.8 Å². The van der Waals surface area contributed by atoms with Gasteiger partial charge in [-0.25, -0.2) is 0 Å². The molecule has 1 rings (SSSR count). The molecule has 1 aliphatic carbocycles. The molecule has 0 saturated heterocycles. The van der Waals surface area contributed by atoms with Crippen molar-refractivity contribution in [3.8, 4) is 0 Å². The van der Waals surface area contributed by atoms with Crippen molar-refractivity contribution >= 4 is 0 Å². The van der Waals surface area contributed by atoms with Gasteiger partial charge in [0.05, 0.1) is 0 Å². The molecule has 64 valence electrons. The molecule has 1 unspecified atom stereocenters. The van der Waals surface area contributed by atoms with Gasteiger partial charge in [0.1, 0.15) is 0 Å². The lowest BCUT2D eigenvalue weighted by Crippen LogP contribution is -2.08. The van der Waals surface area contributed by atoms with E-state index < -0.39 is 0 Å². The molecule has 0 aliphatic heterocycles. The van der Waals surface area contributed by atoms with Gasteiger partial charge >= 0.3 is 0 Å². The number of hydrogen-bond acceptors (Lipinski definition) is 1. The third kappa shape index (κ3) is 3.45. The predicted molar refractivity (Wildman–Crippen MR) is 49.3 cm³/mol. The van der Waals surface area contributed by atoms with Crippen LogP contribution < -0.4 is 5.32 Å². The Morgan fingerprint density at radius 3 is 2.91 bits per heavy atom. The van der Waals surface area contributed by atoms with E-state index in [4.69, 9.17) is 0 Å². The Labute approximate surface area is 69.9 Å². The maximum Gasteiger partial charge on any atom is 0.0141 e. The van der Waals surface area contributed by atoms with Crippen LogP contribution in [0.15, 0.2) is 12.8 Å². The Morgan fingerprint density at radius 2 is 2.36 bits per heavy atom. The van der Waals surface area contributed by atoms with Crippen molar-refractivity contribution in [1.29, 1.82) is 0 Å². The molecule has 1 aliphatic rings. The summed E-state index contributed by atoms with van der Waals surface area (Å²) in [7, 11) is 0. The Morgan fingerprint density at radius 1 is 1.64 bits per heavy atom. The second kappa shape index (κ2) is 4.42. The molecule has 11 heavy (non-hydrogen) atoms. The van der Waals surface area contributed by atoms with Gasteiger partial charge in [-0.15, -0.1) is 0 Å². The molecule has 1 fully saturated rings. The standard InChI is InChI=1S/C10H19N/c1-3-11-8-4-5-9(2)10-6-7-10/h3,9-11H,1,4-8H2,2H3. The molecule has 0 aromatic carbocycles. The van der Waals surface area contributed by atoms with E-state index in [0.29, 0.717) is 0 Å². The average molecular weight is 153 g/mol. The second-order valence-corrected chi connectivity index (χ2v) is 3.62. The van der Waals surface area contributed by atoms with E-state index in [-0.39, 0.29) is 0 Å². The van der Waals surface area contributed by atoms with Gasteiger partial charge in [0.15, 0.2) is 0 Å². The van der Waals surface area contributed by atoms with Crippen LogP contribution in [0.1, 0.15) is 32.6 Å². The van der Waals surface area contributed by atoms with E-state index in [1.165, 1.54) is 25.7 Å². The third-order valence-corrected chi connectivity index (χ3v) is 2.55. The molecule has 1 nitrogen and oxygen atoms in total. The van der Waals surface area contributed by atoms with Gasteiger partial charge in [-0.3, -0.25) is 0 Å². The maximum atomic E-state index is 3.61. The van der Waals surface area contributed by atoms with Crippen molar-refractivity contribution in [1.82, 2.24) is 5.32 Å². The van der Waals surface area contributed by atoms with E-state index in [1.807, 2.05) is 0 Å². The highest BCUT2D eigenvalue weighted by atomic mass is 14.8. The van der Waals surface area contributed by atoms with Gasteiger partial charge < -0.3 is 5.32 Å². The molecular formula is C10H19N. The van der Waals surface area contributed by atoms with Crippen LogP contribution in [-0.2, 0) is 0 Å². The van der Waals surface area contributed by atoms with E-state index >= 15 is 0 Å². The summed E-state index contributed by atoms with van der Waals surface area (Å²) in [5.74, 6) is 2.03. The Balaban J connectivity index is 1.88. The molecule has 0 bridgehead atoms. The zero-order valence-corrected chi connectivity index (χ0v) is 7.47. The fourth-order valence-corrected chi connectivity index (χ4v) is 1.53. The predicted octanol–water partition coefficient (Wildman–Crippen LogP) is 2.55. The summed E-state index contributed by atoms with van der Waals surface area (Å²) >= 11 is 0. The Kier molecular flexibility index (Phi) is 3.47. The van der Waals surface area contributed by atoms with E-state index in [9.17, 15) is 0 Å². The summed E-state index contributed by atoms with van der Waals surface area (Å²) in [5, 5.41) is 3.13. The summed E-state index contributed by atoms with van der Waals surface area (Å²) in [6.07, 6.45) is 7.42. The van der Waals surface area contributed by atoms with Crippen molar-refractivity contribution in [3.63, 3.8) is 0 Å². The summed E-state index contributed by atoms with van der Waals surface area (Å²) in [5.41, 5.74) is 0. The molecule has 1 saturated carbocycles. The van der Waals surface area contributed by atoms with E-state index in [0.717, 1.165) is 18.4 Å². The quantitative estimate of drug-likeness (QED) is 0.578. The SMILES string of the molecule is C=CNCCCC(C)C1CC1. The fourth-order valence-electron chi connectivity index (χ4n) is 1.53. The fraction of sp³-hybridized carbons (Fsp3) is 0.800. The first kappa shape index (κ1) is 8.63. The molecule has 0 spiro atoms. The van der Waals surface area contributed by atoms with Crippen LogP contribution in [0.25, 0.3) is 0 Å². The van der Waals surface area contributed by atoms with Crippen LogP contribution in [0.2, 0.25) is 0 Å². The van der Waals surface area contributed by atoms with Gasteiger partial charge in [0.2, 0.25) is 0 Å². The first-order chi connectivity index (χ1) is 5.34. The molecule has 1 atom stereocenters. The largest absolute Gasteiger partial charge is 0.391 e. The number of hydrogen-bond donors (Lipinski definition) is 1. The first-order valence-corrected chi connectivity index (χ1v) is 4.69. The molecule has 0 amide bonds. The van der Waals surface area contributed by atoms with Crippen molar-refractivity contribution < 1.29 is 0 Å². The minimum absolute atomic E-state index is 0.960. The van der Waals surface area contributed by atoms with Crippen LogP contribution in [0.5, 0.6) is 0 Å². The lowest BCUT2D eigenvalue weighted by molar-refractivity contribution is 0.451. The molecular weight excluding hydrogens is 134 g/mol. The molecule has 0 radical (unpaired) electrons. The highest BCUT2D eigenvalue weighted by Gasteiger charge is 2.26. The normalized spacial score (nSPS) is 19.4. The van der Waals surface area contributed by atoms with Crippen LogP contribution in [-0.4, -0.2) is 6.54 Å².